The fraction of sp³-hybridized carbons (Fsp3) is 0.0200. The highest BCUT2D eigenvalue weighted by atomic mass is 15.1. The molecule has 260 valence electrons. The largest absolute Gasteiger partial charge is 0.309 e. The Morgan fingerprint density at radius 1 is 0.418 bits per heavy atom. The maximum Gasteiger partial charge on any atom is 0.0973 e. The van der Waals surface area contributed by atoms with Gasteiger partial charge in [-0.05, 0) is 79.7 Å². The molecule has 10 rings (SSSR count). The van der Waals surface area contributed by atoms with E-state index in [-0.39, 0.29) is 0 Å². The van der Waals surface area contributed by atoms with Gasteiger partial charge in [-0.3, -0.25) is 4.98 Å². The number of nitrogens with zero attached hydrogens (tertiary/aromatic N) is 5. The van der Waals surface area contributed by atoms with Gasteiger partial charge in [0, 0.05) is 44.5 Å². The Morgan fingerprint density at radius 2 is 0.909 bits per heavy atom. The summed E-state index contributed by atoms with van der Waals surface area (Å²) in [6.07, 6.45) is 1.96. The van der Waals surface area contributed by atoms with Crippen LogP contribution in [0.15, 0.2) is 194 Å². The maximum absolute atomic E-state index is 5.15. The number of hydrogen-bond acceptors (Lipinski definition) is 4. The summed E-state index contributed by atoms with van der Waals surface area (Å²) in [7, 11) is 0. The van der Waals surface area contributed by atoms with Gasteiger partial charge in [0.1, 0.15) is 0 Å². The van der Waals surface area contributed by atoms with Crippen LogP contribution in [0.1, 0.15) is 5.56 Å². The van der Waals surface area contributed by atoms with E-state index in [1.807, 2.05) is 48.7 Å². The predicted molar refractivity (Wildman–Crippen MR) is 227 cm³/mol. The van der Waals surface area contributed by atoms with Gasteiger partial charge >= 0.3 is 0 Å². The number of hydrogen-bond donors (Lipinski definition) is 0. The average Bonchev–Trinajstić information content (AvgIpc) is 3.59. The van der Waals surface area contributed by atoms with Crippen molar-refractivity contribution in [2.75, 3.05) is 4.90 Å². The third-order valence-electron chi connectivity index (χ3n) is 10.3. The first-order valence-electron chi connectivity index (χ1n) is 18.5. The number of anilines is 3. The van der Waals surface area contributed by atoms with Crippen LogP contribution in [0.5, 0.6) is 0 Å². The van der Waals surface area contributed by atoms with Gasteiger partial charge in [0.15, 0.2) is 0 Å². The second-order valence-corrected chi connectivity index (χ2v) is 13.8. The third-order valence-corrected chi connectivity index (χ3v) is 10.3. The molecule has 0 aliphatic heterocycles. The van der Waals surface area contributed by atoms with Gasteiger partial charge in [0.2, 0.25) is 0 Å². The van der Waals surface area contributed by atoms with Crippen LogP contribution >= 0.6 is 0 Å². The van der Waals surface area contributed by atoms with Crippen molar-refractivity contribution in [3.63, 3.8) is 0 Å². The van der Waals surface area contributed by atoms with E-state index in [1.165, 1.54) is 27.4 Å². The zero-order valence-corrected chi connectivity index (χ0v) is 30.2. The minimum absolute atomic E-state index is 0.850. The topological polar surface area (TPSA) is 46.8 Å². The highest BCUT2D eigenvalue weighted by molar-refractivity contribution is 6.09. The van der Waals surface area contributed by atoms with Crippen LogP contribution in [0.4, 0.5) is 17.1 Å². The van der Waals surface area contributed by atoms with E-state index >= 15 is 0 Å². The molecule has 0 aliphatic rings. The Morgan fingerprint density at radius 3 is 1.49 bits per heavy atom. The summed E-state index contributed by atoms with van der Waals surface area (Å²) < 4.78 is 2.35. The molecule has 5 heteroatoms. The minimum atomic E-state index is 0.850. The highest BCUT2D eigenvalue weighted by Crippen LogP contribution is 2.39. The molecular formula is C50H35N5. The normalized spacial score (nSPS) is 11.4. The van der Waals surface area contributed by atoms with Crippen LogP contribution in [-0.4, -0.2) is 19.5 Å². The zero-order chi connectivity index (χ0) is 36.7. The monoisotopic (exact) mass is 705 g/mol. The lowest BCUT2D eigenvalue weighted by Crippen LogP contribution is -2.10. The van der Waals surface area contributed by atoms with E-state index < -0.39 is 0 Å². The van der Waals surface area contributed by atoms with E-state index in [0.29, 0.717) is 0 Å². The van der Waals surface area contributed by atoms with Gasteiger partial charge < -0.3 is 9.47 Å². The van der Waals surface area contributed by atoms with Crippen LogP contribution in [-0.2, 0) is 0 Å². The molecule has 0 radical (unpaired) electrons. The van der Waals surface area contributed by atoms with E-state index in [1.54, 1.807) is 0 Å². The fourth-order valence-electron chi connectivity index (χ4n) is 7.58. The van der Waals surface area contributed by atoms with E-state index in [9.17, 15) is 0 Å². The number of aryl methyl sites for hydroxylation is 1. The smallest absolute Gasteiger partial charge is 0.0973 e. The average molecular weight is 706 g/mol. The number of pyridine rings is 1. The Balaban J connectivity index is 1.08. The van der Waals surface area contributed by atoms with Crippen molar-refractivity contribution in [3.8, 4) is 39.5 Å². The molecule has 0 amide bonds. The van der Waals surface area contributed by atoms with E-state index in [2.05, 4.69) is 162 Å². The zero-order valence-electron chi connectivity index (χ0n) is 30.2. The number of fused-ring (bicyclic) bond motifs is 4. The molecule has 0 saturated carbocycles. The van der Waals surface area contributed by atoms with Crippen LogP contribution in [0.3, 0.4) is 0 Å². The van der Waals surface area contributed by atoms with Crippen LogP contribution in [0.2, 0.25) is 0 Å². The molecule has 5 nitrogen and oxygen atoms in total. The Hall–Kier alpha value is -7.37. The van der Waals surface area contributed by atoms with Gasteiger partial charge in [0.05, 0.1) is 51.0 Å². The standard InChI is InChI=1S/C50H35N5/c1-34-19-21-35(22-20-34)44-32-31-41(33-51-44)54(39-27-29-40(30-28-39)55-47-17-9-5-13-42(47)43-14-6-10-18-48(43)55)38-25-23-37(24-26-38)50-49(36-11-3-2-4-12-36)52-45-15-7-8-16-46(45)53-50/h2-33H,1H3. The molecule has 0 spiro atoms. The number of rotatable bonds is 7. The number of benzene rings is 7. The third kappa shape index (κ3) is 5.88. The molecule has 7 aromatic carbocycles. The number of aromatic nitrogens is 4. The molecule has 10 aromatic rings. The van der Waals surface area contributed by atoms with E-state index in [4.69, 9.17) is 15.0 Å². The van der Waals surface area contributed by atoms with Gasteiger partial charge in [-0.1, -0.05) is 121 Å². The fourth-order valence-corrected chi connectivity index (χ4v) is 7.58. The summed E-state index contributed by atoms with van der Waals surface area (Å²) >= 11 is 0. The van der Waals surface area contributed by atoms with Gasteiger partial charge in [-0.25, -0.2) is 9.97 Å². The highest BCUT2D eigenvalue weighted by Gasteiger charge is 2.18. The first-order chi connectivity index (χ1) is 27.2. The maximum atomic E-state index is 5.15. The Labute approximate surface area is 319 Å². The Bertz CT molecular complexity index is 2900. The Kier molecular flexibility index (Phi) is 7.96. The summed E-state index contributed by atoms with van der Waals surface area (Å²) in [5, 5.41) is 2.49. The van der Waals surface area contributed by atoms with Crippen molar-refractivity contribution in [1.82, 2.24) is 19.5 Å². The van der Waals surface area contributed by atoms with Crippen molar-refractivity contribution >= 4 is 49.9 Å². The lowest BCUT2D eigenvalue weighted by Gasteiger charge is -2.26. The van der Waals surface area contributed by atoms with Crippen molar-refractivity contribution in [1.29, 1.82) is 0 Å². The summed E-state index contributed by atoms with van der Waals surface area (Å²) in [6, 6.07) is 65.8. The second kappa shape index (κ2) is 13.6. The van der Waals surface area contributed by atoms with Crippen molar-refractivity contribution in [3.05, 3.63) is 200 Å². The lowest BCUT2D eigenvalue weighted by molar-refractivity contribution is 1.17. The lowest BCUT2D eigenvalue weighted by atomic mass is 10.0. The molecule has 0 aliphatic carbocycles. The van der Waals surface area contributed by atoms with Gasteiger partial charge in [-0.15, -0.1) is 0 Å². The molecule has 3 aromatic heterocycles. The molecule has 0 saturated heterocycles. The van der Waals surface area contributed by atoms with Gasteiger partial charge in [-0.2, -0.15) is 0 Å². The van der Waals surface area contributed by atoms with Crippen molar-refractivity contribution < 1.29 is 0 Å². The number of para-hydroxylation sites is 4. The molecular weight excluding hydrogens is 671 g/mol. The van der Waals surface area contributed by atoms with Crippen LogP contribution < -0.4 is 4.90 Å². The summed E-state index contributed by atoms with van der Waals surface area (Å²) in [4.78, 5) is 17.5. The molecule has 0 atom stereocenters. The molecule has 3 heterocycles. The summed E-state index contributed by atoms with van der Waals surface area (Å²) in [5.41, 5.74) is 15.2. The molecule has 55 heavy (non-hydrogen) atoms. The molecule has 0 bridgehead atoms. The molecule has 0 N–H and O–H groups in total. The van der Waals surface area contributed by atoms with Crippen LogP contribution in [0, 0.1) is 6.92 Å². The molecule has 0 fully saturated rings. The van der Waals surface area contributed by atoms with Crippen molar-refractivity contribution in [2.24, 2.45) is 0 Å². The van der Waals surface area contributed by atoms with E-state index in [0.717, 1.165) is 67.6 Å². The first kappa shape index (κ1) is 32.3. The predicted octanol–water partition coefficient (Wildman–Crippen LogP) is 12.9. The summed E-state index contributed by atoms with van der Waals surface area (Å²) in [6.45, 7) is 2.10. The van der Waals surface area contributed by atoms with Crippen LogP contribution in [0.25, 0.3) is 72.3 Å². The first-order valence-corrected chi connectivity index (χ1v) is 18.5. The van der Waals surface area contributed by atoms with Gasteiger partial charge in [0.25, 0.3) is 0 Å². The minimum Gasteiger partial charge on any atom is -0.309 e. The second-order valence-electron chi connectivity index (χ2n) is 13.8. The molecule has 0 unspecified atom stereocenters. The summed E-state index contributed by atoms with van der Waals surface area (Å²) in [5.74, 6) is 0. The van der Waals surface area contributed by atoms with Crippen molar-refractivity contribution in [2.45, 2.75) is 6.92 Å². The quantitative estimate of drug-likeness (QED) is 0.166. The SMILES string of the molecule is Cc1ccc(-c2ccc(N(c3ccc(-c4nc5ccccc5nc4-c4ccccc4)cc3)c3ccc(-n4c5ccccc5c5ccccc54)cc3)cn2)cc1.